The van der Waals surface area contributed by atoms with Gasteiger partial charge in [0.1, 0.15) is 0 Å². The Bertz CT molecular complexity index is 434. The quantitative estimate of drug-likeness (QED) is 0.674. The second kappa shape index (κ2) is 4.01. The monoisotopic (exact) mass is 209 g/mol. The summed E-state index contributed by atoms with van der Waals surface area (Å²) in [6.45, 7) is 0. The van der Waals surface area contributed by atoms with Crippen molar-refractivity contribution in [3.63, 3.8) is 0 Å². The first-order chi connectivity index (χ1) is 7.92. The largest absolute Gasteiger partial charge is 0.382 e. The van der Waals surface area contributed by atoms with E-state index in [1.807, 2.05) is 6.07 Å². The van der Waals surface area contributed by atoms with Gasteiger partial charge in [-0.1, -0.05) is 42.5 Å². The molecule has 4 rings (SSSR count). The second-order valence-electron chi connectivity index (χ2n) is 4.36. The number of benzene rings is 2. The first-order valence-electron chi connectivity index (χ1n) is 5.84. The Hall–Kier alpha value is -1.76. The van der Waals surface area contributed by atoms with Crippen LogP contribution in [0.1, 0.15) is 12.8 Å². The molecule has 0 bridgehead atoms. The van der Waals surface area contributed by atoms with Crippen molar-refractivity contribution in [1.82, 2.24) is 0 Å². The number of fused-ring (bicyclic) bond motifs is 1. The van der Waals surface area contributed by atoms with Gasteiger partial charge in [-0.3, -0.25) is 0 Å². The smallest absolute Gasteiger partial charge is 0.0342 e. The van der Waals surface area contributed by atoms with Gasteiger partial charge in [0, 0.05) is 11.7 Å². The van der Waals surface area contributed by atoms with Crippen molar-refractivity contribution in [3.8, 4) is 11.1 Å². The Balaban J connectivity index is 0.000000114. The van der Waals surface area contributed by atoms with E-state index in [2.05, 4.69) is 53.8 Å². The summed E-state index contributed by atoms with van der Waals surface area (Å²) >= 11 is 0. The SMILES string of the molecule is c1cc2ccc1-2.c1ccc(NC2CC2)cc1. The lowest BCUT2D eigenvalue weighted by Gasteiger charge is -2.10. The summed E-state index contributed by atoms with van der Waals surface area (Å²) in [6, 6.07) is 19.6. The number of hydrogen-bond donors (Lipinski definition) is 1. The molecule has 1 fully saturated rings. The van der Waals surface area contributed by atoms with Crippen LogP contribution in [0.2, 0.25) is 0 Å². The molecule has 0 heterocycles. The van der Waals surface area contributed by atoms with Gasteiger partial charge in [-0.05, 0) is 36.1 Å². The second-order valence-corrected chi connectivity index (χ2v) is 4.36. The Morgan fingerprint density at radius 3 is 1.69 bits per heavy atom. The lowest BCUT2D eigenvalue weighted by molar-refractivity contribution is 1.16. The summed E-state index contributed by atoms with van der Waals surface area (Å²) in [4.78, 5) is 0. The zero-order valence-electron chi connectivity index (χ0n) is 9.19. The molecule has 16 heavy (non-hydrogen) atoms. The normalized spacial score (nSPS) is 14.8. The Labute approximate surface area is 96.1 Å². The van der Waals surface area contributed by atoms with Gasteiger partial charge >= 0.3 is 0 Å². The fourth-order valence-electron chi connectivity index (χ4n) is 1.66. The van der Waals surface area contributed by atoms with Crippen LogP contribution < -0.4 is 5.32 Å². The minimum Gasteiger partial charge on any atom is -0.382 e. The maximum absolute atomic E-state index is 3.42. The van der Waals surface area contributed by atoms with Crippen LogP contribution in [0, 0.1) is 0 Å². The van der Waals surface area contributed by atoms with Gasteiger partial charge in [-0.2, -0.15) is 0 Å². The molecule has 1 N–H and O–H groups in total. The molecule has 0 saturated heterocycles. The molecule has 0 aromatic heterocycles. The zero-order valence-corrected chi connectivity index (χ0v) is 9.19. The van der Waals surface area contributed by atoms with Crippen LogP contribution in [0.4, 0.5) is 5.69 Å². The summed E-state index contributed by atoms with van der Waals surface area (Å²) in [5.74, 6) is 0. The fourth-order valence-corrected chi connectivity index (χ4v) is 1.66. The van der Waals surface area contributed by atoms with Crippen molar-refractivity contribution < 1.29 is 0 Å². The average Bonchev–Trinajstić information content (AvgIpc) is 3.10. The lowest BCUT2D eigenvalue weighted by Crippen LogP contribution is -1.99. The number of anilines is 1. The Morgan fingerprint density at radius 1 is 0.750 bits per heavy atom. The van der Waals surface area contributed by atoms with Crippen molar-refractivity contribution in [2.75, 3.05) is 5.32 Å². The summed E-state index contributed by atoms with van der Waals surface area (Å²) in [5.41, 5.74) is 4.11. The van der Waals surface area contributed by atoms with E-state index >= 15 is 0 Å². The molecule has 1 aromatic rings. The maximum atomic E-state index is 3.42. The van der Waals surface area contributed by atoms with Crippen LogP contribution >= 0.6 is 0 Å². The van der Waals surface area contributed by atoms with Crippen LogP contribution in [0.25, 0.3) is 11.1 Å². The molecular formula is C15H15N. The number of rotatable bonds is 2. The van der Waals surface area contributed by atoms with E-state index in [1.165, 1.54) is 29.7 Å². The van der Waals surface area contributed by atoms with Gasteiger partial charge in [-0.25, -0.2) is 0 Å². The summed E-state index contributed by atoms with van der Waals surface area (Å²) in [7, 11) is 0. The van der Waals surface area contributed by atoms with Gasteiger partial charge in [0.25, 0.3) is 0 Å². The highest BCUT2D eigenvalue weighted by Crippen LogP contribution is 2.29. The van der Waals surface area contributed by atoms with Crippen LogP contribution in [0.5, 0.6) is 0 Å². The van der Waals surface area contributed by atoms with Crippen LogP contribution in [-0.4, -0.2) is 6.04 Å². The Kier molecular flexibility index (Phi) is 2.37. The molecule has 1 saturated carbocycles. The minimum absolute atomic E-state index is 0.766. The first-order valence-corrected chi connectivity index (χ1v) is 5.84. The predicted molar refractivity (Wildman–Crippen MR) is 68.5 cm³/mol. The van der Waals surface area contributed by atoms with Gasteiger partial charge in [0.05, 0.1) is 0 Å². The number of para-hydroxylation sites is 1. The van der Waals surface area contributed by atoms with Crippen LogP contribution in [0.3, 0.4) is 0 Å². The highest BCUT2D eigenvalue weighted by molar-refractivity contribution is 5.75. The maximum Gasteiger partial charge on any atom is 0.0342 e. The highest BCUT2D eigenvalue weighted by atomic mass is 14.9. The molecule has 0 atom stereocenters. The third kappa shape index (κ3) is 2.08. The van der Waals surface area contributed by atoms with E-state index in [1.54, 1.807) is 0 Å². The molecule has 1 nitrogen and oxygen atoms in total. The van der Waals surface area contributed by atoms with E-state index in [9.17, 15) is 0 Å². The van der Waals surface area contributed by atoms with Crippen molar-refractivity contribution in [2.24, 2.45) is 0 Å². The predicted octanol–water partition coefficient (Wildman–Crippen LogP) is 3.93. The summed E-state index contributed by atoms with van der Waals surface area (Å²) < 4.78 is 0. The molecule has 1 aromatic carbocycles. The molecule has 0 spiro atoms. The van der Waals surface area contributed by atoms with E-state index < -0.39 is 0 Å². The van der Waals surface area contributed by atoms with Crippen molar-refractivity contribution in [2.45, 2.75) is 18.9 Å². The van der Waals surface area contributed by atoms with Crippen LogP contribution in [0.15, 0.2) is 54.6 Å². The van der Waals surface area contributed by atoms with Gasteiger partial charge in [-0.15, -0.1) is 0 Å². The molecule has 0 amide bonds. The average molecular weight is 209 g/mol. The lowest BCUT2D eigenvalue weighted by atomic mass is 9.95. The number of nitrogens with one attached hydrogen (secondary N) is 1. The molecule has 3 aliphatic rings. The zero-order chi connectivity index (χ0) is 10.8. The van der Waals surface area contributed by atoms with Crippen molar-refractivity contribution >= 4 is 5.69 Å². The highest BCUT2D eigenvalue weighted by Gasteiger charge is 2.20. The molecular weight excluding hydrogens is 194 g/mol. The Morgan fingerprint density at radius 2 is 1.31 bits per heavy atom. The van der Waals surface area contributed by atoms with E-state index in [0.717, 1.165) is 6.04 Å². The molecule has 80 valence electrons. The molecule has 0 radical (unpaired) electrons. The van der Waals surface area contributed by atoms with Gasteiger partial charge in [0.15, 0.2) is 0 Å². The molecule has 1 heteroatoms. The van der Waals surface area contributed by atoms with E-state index in [-0.39, 0.29) is 0 Å². The topological polar surface area (TPSA) is 12.0 Å². The summed E-state index contributed by atoms with van der Waals surface area (Å²) in [5, 5.41) is 3.42. The van der Waals surface area contributed by atoms with E-state index in [4.69, 9.17) is 0 Å². The van der Waals surface area contributed by atoms with Crippen LogP contribution in [-0.2, 0) is 0 Å². The number of hydrogen-bond acceptors (Lipinski definition) is 1. The van der Waals surface area contributed by atoms with E-state index in [0.29, 0.717) is 0 Å². The minimum atomic E-state index is 0.766. The third-order valence-corrected chi connectivity index (χ3v) is 2.94. The first kappa shape index (κ1) is 9.46. The standard InChI is InChI=1S/C9H11N.C6H4/c1-2-4-8(5-3-1)10-9-6-7-9;1-2-6-4-3-5(1)6/h1-5,9-10H,6-7H2;1-4H. The fraction of sp³-hybridized carbons (Fsp3) is 0.200. The summed E-state index contributed by atoms with van der Waals surface area (Å²) in [6.07, 6.45) is 2.68. The molecule has 0 unspecified atom stereocenters. The molecule has 0 aliphatic heterocycles. The van der Waals surface area contributed by atoms with Gasteiger partial charge in [0.2, 0.25) is 0 Å². The van der Waals surface area contributed by atoms with Crippen molar-refractivity contribution in [1.29, 1.82) is 0 Å². The van der Waals surface area contributed by atoms with Gasteiger partial charge < -0.3 is 5.32 Å². The van der Waals surface area contributed by atoms with Crippen molar-refractivity contribution in [3.05, 3.63) is 54.6 Å². The third-order valence-electron chi connectivity index (χ3n) is 2.94. The molecule has 3 aliphatic carbocycles.